The molecule has 1 aromatic heterocycles. The van der Waals surface area contributed by atoms with Gasteiger partial charge in [0.05, 0.1) is 0 Å². The van der Waals surface area contributed by atoms with Gasteiger partial charge in [0, 0.05) is 11.1 Å². The quantitative estimate of drug-likeness (QED) is 0.524. The van der Waals surface area contributed by atoms with Gasteiger partial charge in [-0.25, -0.2) is 4.37 Å². The predicted octanol–water partition coefficient (Wildman–Crippen LogP) is 2.48. The average Bonchev–Trinajstić information content (AvgIpc) is 2.24. The minimum atomic E-state index is 1.27. The molecule has 0 unspecified atom stereocenters. The minimum absolute atomic E-state index is 1.27. The molecule has 46 valence electrons. The molecule has 0 aromatic carbocycles. The molecule has 0 radical (unpaired) electrons. The Labute approximate surface area is 54.5 Å². The van der Waals surface area contributed by atoms with Crippen LogP contribution in [0.2, 0.25) is 0 Å². The monoisotopic (exact) mass is 129 g/mol. The van der Waals surface area contributed by atoms with Crippen LogP contribution in [0.25, 0.3) is 0 Å². The summed E-state index contributed by atoms with van der Waals surface area (Å²) in [6, 6.07) is 1.99. The van der Waals surface area contributed by atoms with Crippen molar-refractivity contribution in [1.29, 1.82) is 0 Å². The average molecular weight is 129 g/mol. The largest absolute Gasteiger partial charge is 0.201 e. The van der Waals surface area contributed by atoms with Crippen LogP contribution in [0.5, 0.6) is 0 Å². The van der Waals surface area contributed by atoms with E-state index in [0.29, 0.717) is 0 Å². The zero-order valence-electron chi connectivity index (χ0n) is 5.51. The van der Waals surface area contributed by atoms with Gasteiger partial charge in [0.2, 0.25) is 0 Å². The molecule has 0 spiro atoms. The standard InChI is InChI=1S/C4H5NS.C2H6/c1-4-2-3-5-6-4;1-2/h2-3H,1H3;1-2H3. The Morgan fingerprint density at radius 3 is 2.25 bits per heavy atom. The second-order valence-electron chi connectivity index (χ2n) is 1.12. The Hall–Kier alpha value is -0.370. The zero-order valence-corrected chi connectivity index (χ0v) is 6.33. The molecule has 0 saturated carbocycles. The van der Waals surface area contributed by atoms with Gasteiger partial charge in [0.25, 0.3) is 0 Å². The highest BCUT2D eigenvalue weighted by atomic mass is 32.1. The van der Waals surface area contributed by atoms with Crippen LogP contribution < -0.4 is 0 Å². The Bertz CT molecular complexity index is 112. The molecular weight excluding hydrogens is 118 g/mol. The van der Waals surface area contributed by atoms with Crippen molar-refractivity contribution < 1.29 is 0 Å². The third-order valence-corrected chi connectivity index (χ3v) is 1.22. The highest BCUT2D eigenvalue weighted by molar-refractivity contribution is 7.05. The molecule has 0 saturated heterocycles. The smallest absolute Gasteiger partial charge is 0.0409 e. The maximum Gasteiger partial charge on any atom is 0.0409 e. The van der Waals surface area contributed by atoms with Crippen molar-refractivity contribution in [3.05, 3.63) is 17.1 Å². The van der Waals surface area contributed by atoms with Gasteiger partial charge in [-0.1, -0.05) is 13.8 Å². The van der Waals surface area contributed by atoms with Crippen molar-refractivity contribution in [1.82, 2.24) is 4.37 Å². The van der Waals surface area contributed by atoms with E-state index in [4.69, 9.17) is 0 Å². The Morgan fingerprint density at radius 2 is 2.12 bits per heavy atom. The molecule has 1 heterocycles. The van der Waals surface area contributed by atoms with E-state index >= 15 is 0 Å². The maximum atomic E-state index is 3.86. The Morgan fingerprint density at radius 1 is 1.50 bits per heavy atom. The van der Waals surface area contributed by atoms with Gasteiger partial charge in [0.1, 0.15) is 0 Å². The normalized spacial score (nSPS) is 7.38. The van der Waals surface area contributed by atoms with Crippen molar-refractivity contribution in [2.45, 2.75) is 20.8 Å². The third-order valence-electron chi connectivity index (χ3n) is 0.567. The zero-order chi connectivity index (χ0) is 6.41. The number of nitrogens with zero attached hydrogens (tertiary/aromatic N) is 1. The van der Waals surface area contributed by atoms with E-state index in [-0.39, 0.29) is 0 Å². The first-order valence-corrected chi connectivity index (χ1v) is 3.54. The van der Waals surface area contributed by atoms with Crippen LogP contribution in [0, 0.1) is 6.92 Å². The summed E-state index contributed by atoms with van der Waals surface area (Å²) < 4.78 is 3.86. The minimum Gasteiger partial charge on any atom is -0.201 e. The van der Waals surface area contributed by atoms with Gasteiger partial charge in [-0.05, 0) is 24.5 Å². The van der Waals surface area contributed by atoms with E-state index in [1.165, 1.54) is 16.4 Å². The molecule has 1 nitrogen and oxygen atoms in total. The van der Waals surface area contributed by atoms with Crippen LogP contribution in [0.3, 0.4) is 0 Å². The molecule has 0 N–H and O–H groups in total. The second kappa shape index (κ2) is 4.78. The molecule has 0 aliphatic rings. The van der Waals surface area contributed by atoms with E-state index in [1.807, 2.05) is 26.8 Å². The lowest BCUT2D eigenvalue weighted by molar-refractivity contribution is 1.50. The van der Waals surface area contributed by atoms with Gasteiger partial charge < -0.3 is 0 Å². The number of rotatable bonds is 0. The van der Waals surface area contributed by atoms with E-state index in [0.717, 1.165) is 0 Å². The molecule has 0 aliphatic heterocycles. The molecular formula is C6H11NS. The van der Waals surface area contributed by atoms with Crippen molar-refractivity contribution >= 4 is 11.5 Å². The fraction of sp³-hybridized carbons (Fsp3) is 0.500. The summed E-state index contributed by atoms with van der Waals surface area (Å²) in [6.07, 6.45) is 1.81. The van der Waals surface area contributed by atoms with E-state index in [9.17, 15) is 0 Å². The summed E-state index contributed by atoms with van der Waals surface area (Å²) in [5.41, 5.74) is 0. The predicted molar refractivity (Wildman–Crippen MR) is 38.2 cm³/mol. The number of hydrogen-bond donors (Lipinski definition) is 0. The van der Waals surface area contributed by atoms with Crippen molar-refractivity contribution in [3.63, 3.8) is 0 Å². The first-order chi connectivity index (χ1) is 3.89. The van der Waals surface area contributed by atoms with Crippen molar-refractivity contribution in [2.24, 2.45) is 0 Å². The maximum absolute atomic E-state index is 3.86. The van der Waals surface area contributed by atoms with Crippen LogP contribution in [0.4, 0.5) is 0 Å². The molecule has 2 heteroatoms. The van der Waals surface area contributed by atoms with Gasteiger partial charge in [-0.3, -0.25) is 0 Å². The molecule has 0 aliphatic carbocycles. The molecule has 0 amide bonds. The summed E-state index contributed by atoms with van der Waals surface area (Å²) in [7, 11) is 0. The highest BCUT2D eigenvalue weighted by Gasteiger charge is 1.76. The molecule has 8 heavy (non-hydrogen) atoms. The number of hydrogen-bond acceptors (Lipinski definition) is 2. The summed E-state index contributed by atoms with van der Waals surface area (Å²) in [5, 5.41) is 0. The Balaban J connectivity index is 0.000000222. The lowest BCUT2D eigenvalue weighted by Crippen LogP contribution is -1.43. The molecule has 1 aromatic rings. The molecule has 0 atom stereocenters. The summed E-state index contributed by atoms with van der Waals surface area (Å²) in [4.78, 5) is 1.27. The number of aromatic nitrogens is 1. The van der Waals surface area contributed by atoms with Crippen molar-refractivity contribution in [2.75, 3.05) is 0 Å². The van der Waals surface area contributed by atoms with Crippen LogP contribution in [-0.2, 0) is 0 Å². The molecule has 0 fully saturated rings. The summed E-state index contributed by atoms with van der Waals surface area (Å²) >= 11 is 1.53. The van der Waals surface area contributed by atoms with Crippen LogP contribution in [-0.4, -0.2) is 4.37 Å². The first kappa shape index (κ1) is 7.63. The topological polar surface area (TPSA) is 12.9 Å². The lowest BCUT2D eigenvalue weighted by atomic mass is 10.6. The van der Waals surface area contributed by atoms with Gasteiger partial charge >= 0.3 is 0 Å². The second-order valence-corrected chi connectivity index (χ2v) is 2.16. The lowest BCUT2D eigenvalue weighted by Gasteiger charge is -1.63. The van der Waals surface area contributed by atoms with E-state index in [1.54, 1.807) is 6.20 Å². The van der Waals surface area contributed by atoms with Gasteiger partial charge in [-0.2, -0.15) is 0 Å². The highest BCUT2D eigenvalue weighted by Crippen LogP contribution is 1.98. The molecule has 1 rings (SSSR count). The van der Waals surface area contributed by atoms with Crippen molar-refractivity contribution in [3.8, 4) is 0 Å². The van der Waals surface area contributed by atoms with Gasteiger partial charge in [0.15, 0.2) is 0 Å². The summed E-state index contributed by atoms with van der Waals surface area (Å²) in [5.74, 6) is 0. The SMILES string of the molecule is CC.Cc1ccns1. The van der Waals surface area contributed by atoms with Crippen LogP contribution in [0.15, 0.2) is 12.3 Å². The van der Waals surface area contributed by atoms with Crippen LogP contribution >= 0.6 is 11.5 Å². The van der Waals surface area contributed by atoms with Gasteiger partial charge in [-0.15, -0.1) is 0 Å². The molecule has 0 bridgehead atoms. The third kappa shape index (κ3) is 2.75. The Kier molecular flexibility index (Phi) is 4.56. The summed E-state index contributed by atoms with van der Waals surface area (Å²) in [6.45, 7) is 6.04. The van der Waals surface area contributed by atoms with Crippen LogP contribution in [0.1, 0.15) is 18.7 Å². The number of aryl methyl sites for hydroxylation is 1. The van der Waals surface area contributed by atoms with E-state index < -0.39 is 0 Å². The fourth-order valence-electron chi connectivity index (χ4n) is 0.279. The first-order valence-electron chi connectivity index (χ1n) is 2.77. The van der Waals surface area contributed by atoms with E-state index in [2.05, 4.69) is 4.37 Å². The fourth-order valence-corrected chi connectivity index (χ4v) is 0.689.